The van der Waals surface area contributed by atoms with Gasteiger partial charge in [-0.25, -0.2) is 0 Å². The van der Waals surface area contributed by atoms with Crippen LogP contribution in [0.4, 0.5) is 0 Å². The number of nitrogens with zero attached hydrogens (tertiary/aromatic N) is 1. The van der Waals surface area contributed by atoms with Crippen LogP contribution in [0.2, 0.25) is 0 Å². The minimum absolute atomic E-state index is 0.0161. The molecule has 1 N–H and O–H groups in total. The van der Waals surface area contributed by atoms with Gasteiger partial charge in [0.1, 0.15) is 0 Å². The van der Waals surface area contributed by atoms with E-state index in [9.17, 15) is 14.7 Å². The molecule has 27 heavy (non-hydrogen) atoms. The van der Waals surface area contributed by atoms with Gasteiger partial charge in [-0.1, -0.05) is 67.6 Å². The maximum Gasteiger partial charge on any atom is 0.310 e. The molecule has 2 aromatic rings. The zero-order chi connectivity index (χ0) is 19.6. The number of carbonyl (C=O) groups is 2. The van der Waals surface area contributed by atoms with Gasteiger partial charge in [0, 0.05) is 19.7 Å². The Morgan fingerprint density at radius 3 is 1.96 bits per heavy atom. The zero-order valence-electron chi connectivity index (χ0n) is 15.9. The molecule has 2 aromatic carbocycles. The Bertz CT molecular complexity index is 678. The summed E-state index contributed by atoms with van der Waals surface area (Å²) in [5.74, 6) is -1.34. The molecule has 0 aromatic heterocycles. The number of esters is 1. The normalized spacial score (nSPS) is 11.9. The summed E-state index contributed by atoms with van der Waals surface area (Å²) in [4.78, 5) is 27.0. The molecule has 0 heterocycles. The highest BCUT2D eigenvalue weighted by atomic mass is 16.5. The summed E-state index contributed by atoms with van der Waals surface area (Å²) in [5.41, 5.74) is 1.79. The van der Waals surface area contributed by atoms with Crippen LogP contribution in [0.15, 0.2) is 60.7 Å². The summed E-state index contributed by atoms with van der Waals surface area (Å²) < 4.78 is 4.80. The van der Waals surface area contributed by atoms with Gasteiger partial charge in [-0.3, -0.25) is 9.59 Å². The highest BCUT2D eigenvalue weighted by Gasteiger charge is 2.29. The van der Waals surface area contributed by atoms with E-state index in [0.717, 1.165) is 11.1 Å². The Morgan fingerprint density at radius 1 is 1.00 bits per heavy atom. The summed E-state index contributed by atoms with van der Waals surface area (Å²) in [6, 6.07) is 19.2. The van der Waals surface area contributed by atoms with Gasteiger partial charge in [0.2, 0.25) is 5.91 Å². The predicted molar refractivity (Wildman–Crippen MR) is 104 cm³/mol. The van der Waals surface area contributed by atoms with Crippen molar-refractivity contribution in [1.29, 1.82) is 0 Å². The number of amides is 1. The molecule has 5 heteroatoms. The summed E-state index contributed by atoms with van der Waals surface area (Å²) >= 11 is 0. The second-order valence-corrected chi connectivity index (χ2v) is 6.54. The van der Waals surface area contributed by atoms with E-state index in [1.165, 1.54) is 7.11 Å². The number of hydrogen-bond acceptors (Lipinski definition) is 4. The molecular weight excluding hydrogens is 342 g/mol. The van der Waals surface area contributed by atoms with Crippen molar-refractivity contribution >= 4 is 11.9 Å². The molecule has 2 rings (SSSR count). The molecule has 1 amide bonds. The predicted octanol–water partition coefficient (Wildman–Crippen LogP) is 2.84. The van der Waals surface area contributed by atoms with Crippen LogP contribution in [-0.4, -0.2) is 48.7 Å². The average molecular weight is 369 g/mol. The highest BCUT2D eigenvalue weighted by Crippen LogP contribution is 2.27. The first-order valence-electron chi connectivity index (χ1n) is 9.15. The molecule has 0 aliphatic carbocycles. The minimum atomic E-state index is -0.462. The average Bonchev–Trinajstić information content (AvgIpc) is 2.72. The Labute approximate surface area is 160 Å². The van der Waals surface area contributed by atoms with Crippen LogP contribution < -0.4 is 0 Å². The van der Waals surface area contributed by atoms with Gasteiger partial charge in [0.05, 0.1) is 18.9 Å². The van der Waals surface area contributed by atoms with Crippen molar-refractivity contribution in [3.8, 4) is 0 Å². The van der Waals surface area contributed by atoms with Crippen molar-refractivity contribution in [2.24, 2.45) is 5.92 Å². The first kappa shape index (κ1) is 20.6. The first-order valence-corrected chi connectivity index (χ1v) is 9.15. The number of aliphatic hydroxyl groups excluding tert-OH is 1. The van der Waals surface area contributed by atoms with Crippen molar-refractivity contribution in [3.63, 3.8) is 0 Å². The lowest BCUT2D eigenvalue weighted by Gasteiger charge is -2.29. The number of benzene rings is 2. The van der Waals surface area contributed by atoms with Crippen LogP contribution in [0.5, 0.6) is 0 Å². The molecule has 1 atom stereocenters. The van der Waals surface area contributed by atoms with Crippen LogP contribution in [-0.2, 0) is 14.3 Å². The second-order valence-electron chi connectivity index (χ2n) is 6.54. The summed E-state index contributed by atoms with van der Waals surface area (Å²) in [7, 11) is 1.34. The van der Waals surface area contributed by atoms with Crippen molar-refractivity contribution in [1.82, 2.24) is 4.90 Å². The summed E-state index contributed by atoms with van der Waals surface area (Å²) in [6.07, 6.45) is 0.454. The molecular formula is C22H27NO4. The third kappa shape index (κ3) is 5.66. The standard InChI is InChI=1S/C22H27NO4/c1-17(22(26)27-2)16-23(14-9-15-24)21(25)20(18-10-5-3-6-11-18)19-12-7-4-8-13-19/h3-8,10-13,17,20,24H,9,14-16H2,1-2H3. The van der Waals surface area contributed by atoms with Crippen molar-refractivity contribution in [3.05, 3.63) is 71.8 Å². The minimum Gasteiger partial charge on any atom is -0.469 e. The maximum absolute atomic E-state index is 13.5. The lowest BCUT2D eigenvalue weighted by Crippen LogP contribution is -2.41. The number of aliphatic hydroxyl groups is 1. The fourth-order valence-corrected chi connectivity index (χ4v) is 3.11. The third-order valence-electron chi connectivity index (χ3n) is 4.51. The molecule has 0 radical (unpaired) electrons. The van der Waals surface area contributed by atoms with E-state index in [0.29, 0.717) is 13.0 Å². The first-order chi connectivity index (χ1) is 13.1. The number of ether oxygens (including phenoxy) is 1. The molecule has 0 saturated carbocycles. The third-order valence-corrected chi connectivity index (χ3v) is 4.51. The summed E-state index contributed by atoms with van der Waals surface area (Å²) in [6.45, 7) is 2.36. The molecule has 0 fully saturated rings. The van der Waals surface area contributed by atoms with Crippen LogP contribution in [0.3, 0.4) is 0 Å². The van der Waals surface area contributed by atoms with E-state index in [1.807, 2.05) is 60.7 Å². The van der Waals surface area contributed by atoms with Gasteiger partial charge in [-0.2, -0.15) is 0 Å². The van der Waals surface area contributed by atoms with E-state index in [-0.39, 0.29) is 25.0 Å². The molecule has 0 aliphatic rings. The summed E-state index contributed by atoms with van der Waals surface area (Å²) in [5, 5.41) is 9.23. The van der Waals surface area contributed by atoms with Gasteiger partial charge in [-0.05, 0) is 17.5 Å². The Kier molecular flexibility index (Phi) is 8.01. The molecule has 144 valence electrons. The molecule has 0 bridgehead atoms. The van der Waals surface area contributed by atoms with E-state index < -0.39 is 11.8 Å². The fraction of sp³-hybridized carbons (Fsp3) is 0.364. The van der Waals surface area contributed by atoms with Crippen LogP contribution in [0, 0.1) is 5.92 Å². The Balaban J connectivity index is 2.35. The van der Waals surface area contributed by atoms with Gasteiger partial charge in [0.25, 0.3) is 0 Å². The SMILES string of the molecule is COC(=O)C(C)CN(CCCO)C(=O)C(c1ccccc1)c1ccccc1. The molecule has 0 spiro atoms. The maximum atomic E-state index is 13.5. The van der Waals surface area contributed by atoms with Crippen molar-refractivity contribution < 1.29 is 19.4 Å². The number of rotatable bonds is 9. The lowest BCUT2D eigenvalue weighted by molar-refractivity contribution is -0.146. The lowest BCUT2D eigenvalue weighted by atomic mass is 9.89. The molecule has 1 unspecified atom stereocenters. The number of methoxy groups -OCH3 is 1. The van der Waals surface area contributed by atoms with Crippen molar-refractivity contribution in [2.75, 3.05) is 26.8 Å². The van der Waals surface area contributed by atoms with Gasteiger partial charge in [0.15, 0.2) is 0 Å². The van der Waals surface area contributed by atoms with E-state index in [2.05, 4.69) is 0 Å². The number of hydrogen-bond donors (Lipinski definition) is 1. The zero-order valence-corrected chi connectivity index (χ0v) is 15.9. The van der Waals surface area contributed by atoms with E-state index in [4.69, 9.17) is 4.74 Å². The van der Waals surface area contributed by atoms with E-state index in [1.54, 1.807) is 11.8 Å². The molecule has 0 saturated heterocycles. The molecule has 5 nitrogen and oxygen atoms in total. The topological polar surface area (TPSA) is 66.8 Å². The monoisotopic (exact) mass is 369 g/mol. The van der Waals surface area contributed by atoms with Gasteiger partial charge in [-0.15, -0.1) is 0 Å². The van der Waals surface area contributed by atoms with Crippen LogP contribution in [0.1, 0.15) is 30.4 Å². The van der Waals surface area contributed by atoms with Gasteiger partial charge < -0.3 is 14.7 Å². The van der Waals surface area contributed by atoms with Crippen LogP contribution in [0.25, 0.3) is 0 Å². The Hall–Kier alpha value is -2.66. The van der Waals surface area contributed by atoms with Gasteiger partial charge >= 0.3 is 5.97 Å². The quantitative estimate of drug-likeness (QED) is 0.690. The Morgan fingerprint density at radius 2 is 1.52 bits per heavy atom. The van der Waals surface area contributed by atoms with Crippen molar-refractivity contribution in [2.45, 2.75) is 19.3 Å². The van der Waals surface area contributed by atoms with Crippen LogP contribution >= 0.6 is 0 Å². The number of carbonyl (C=O) groups excluding carboxylic acids is 2. The fourth-order valence-electron chi connectivity index (χ4n) is 3.11. The second kappa shape index (κ2) is 10.5. The largest absolute Gasteiger partial charge is 0.469 e. The highest BCUT2D eigenvalue weighted by molar-refractivity contribution is 5.87. The van der Waals surface area contributed by atoms with E-state index >= 15 is 0 Å². The molecule has 0 aliphatic heterocycles. The smallest absolute Gasteiger partial charge is 0.310 e.